The number of likely N-dealkylation sites (N-methyl/N-ethyl adjacent to an activating group) is 1. The first-order valence-corrected chi connectivity index (χ1v) is 8.66. The number of hydrogen-bond donors (Lipinski definition) is 2. The average Bonchev–Trinajstić information content (AvgIpc) is 2.52. The van der Waals surface area contributed by atoms with Crippen LogP contribution in [-0.2, 0) is 14.3 Å². The van der Waals surface area contributed by atoms with Gasteiger partial charge in [0.25, 0.3) is 0 Å². The lowest BCUT2D eigenvalue weighted by Gasteiger charge is -2.37. The van der Waals surface area contributed by atoms with E-state index in [1.54, 1.807) is 29.2 Å². The quantitative estimate of drug-likeness (QED) is 0.856. The summed E-state index contributed by atoms with van der Waals surface area (Å²) in [7, 11) is 0. The van der Waals surface area contributed by atoms with Gasteiger partial charge < -0.3 is 20.1 Å². The van der Waals surface area contributed by atoms with Crippen molar-refractivity contribution in [1.82, 2.24) is 4.90 Å². The molecule has 6 nitrogen and oxygen atoms in total. The highest BCUT2D eigenvalue weighted by Gasteiger charge is 2.33. The van der Waals surface area contributed by atoms with Gasteiger partial charge in [-0.25, -0.2) is 0 Å². The van der Waals surface area contributed by atoms with Gasteiger partial charge in [0, 0.05) is 18.7 Å². The Labute approximate surface area is 149 Å². The first-order valence-electron chi connectivity index (χ1n) is 8.66. The minimum Gasteiger partial charge on any atom is -0.386 e. The number of amides is 2. The third-order valence-electron chi connectivity index (χ3n) is 4.17. The monoisotopic (exact) mass is 348 g/mol. The van der Waals surface area contributed by atoms with E-state index in [2.05, 4.69) is 5.32 Å². The average molecular weight is 348 g/mol. The van der Waals surface area contributed by atoms with Gasteiger partial charge in [0.2, 0.25) is 11.8 Å². The molecule has 1 fully saturated rings. The molecule has 2 atom stereocenters. The molecule has 2 rings (SSSR count). The van der Waals surface area contributed by atoms with Gasteiger partial charge in [-0.1, -0.05) is 32.9 Å². The Morgan fingerprint density at radius 1 is 1.36 bits per heavy atom. The smallest absolute Gasteiger partial charge is 0.248 e. The van der Waals surface area contributed by atoms with Crippen molar-refractivity contribution in [2.75, 3.05) is 25.1 Å². The molecule has 138 valence electrons. The topological polar surface area (TPSA) is 78.9 Å². The van der Waals surface area contributed by atoms with Crippen LogP contribution < -0.4 is 5.32 Å². The molecule has 0 radical (unpaired) electrons. The third-order valence-corrected chi connectivity index (χ3v) is 4.17. The first-order chi connectivity index (χ1) is 11.7. The Kier molecular flexibility index (Phi) is 6.19. The molecule has 0 saturated carbocycles. The van der Waals surface area contributed by atoms with E-state index in [0.29, 0.717) is 30.8 Å². The molecule has 0 unspecified atom stereocenters. The molecule has 1 aromatic carbocycles. The zero-order valence-electron chi connectivity index (χ0n) is 15.4. The molecule has 1 aromatic rings. The maximum absolute atomic E-state index is 12.0. The number of carbonyl (C=O) groups excluding carboxylic acids is 2. The SMILES string of the molecule is CCN1C(=O)COC[C@@H]1[C@H](O)c1ccc(NC(=O)CC(C)(C)C)cc1. The molecule has 1 aliphatic heterocycles. The van der Waals surface area contributed by atoms with Gasteiger partial charge in [0.1, 0.15) is 12.7 Å². The molecule has 2 N–H and O–H groups in total. The molecule has 1 heterocycles. The minimum atomic E-state index is -0.830. The Morgan fingerprint density at radius 3 is 2.56 bits per heavy atom. The van der Waals surface area contributed by atoms with Crippen molar-refractivity contribution < 1.29 is 19.4 Å². The van der Waals surface area contributed by atoms with E-state index in [-0.39, 0.29) is 23.8 Å². The summed E-state index contributed by atoms with van der Waals surface area (Å²) in [5.74, 6) is -0.145. The van der Waals surface area contributed by atoms with E-state index in [1.807, 2.05) is 27.7 Å². The Hall–Kier alpha value is -1.92. The number of benzene rings is 1. The molecule has 0 spiro atoms. The zero-order valence-corrected chi connectivity index (χ0v) is 15.4. The van der Waals surface area contributed by atoms with Gasteiger partial charge in [-0.05, 0) is 30.0 Å². The van der Waals surface area contributed by atoms with Crippen molar-refractivity contribution in [1.29, 1.82) is 0 Å². The van der Waals surface area contributed by atoms with Crippen molar-refractivity contribution in [2.24, 2.45) is 5.41 Å². The summed E-state index contributed by atoms with van der Waals surface area (Å²) in [6, 6.07) is 6.67. The number of aliphatic hydroxyl groups excluding tert-OH is 1. The lowest BCUT2D eigenvalue weighted by Crippen LogP contribution is -2.51. The number of rotatable bonds is 5. The van der Waals surface area contributed by atoms with E-state index in [1.165, 1.54) is 0 Å². The molecular weight excluding hydrogens is 320 g/mol. The van der Waals surface area contributed by atoms with Crippen LogP contribution in [0.25, 0.3) is 0 Å². The molecule has 0 aliphatic carbocycles. The highest BCUT2D eigenvalue weighted by atomic mass is 16.5. The van der Waals surface area contributed by atoms with Crippen molar-refractivity contribution in [3.63, 3.8) is 0 Å². The Balaban J connectivity index is 2.03. The van der Waals surface area contributed by atoms with Crippen LogP contribution in [0.15, 0.2) is 24.3 Å². The van der Waals surface area contributed by atoms with E-state index >= 15 is 0 Å². The second-order valence-corrected chi connectivity index (χ2v) is 7.61. The molecule has 25 heavy (non-hydrogen) atoms. The van der Waals surface area contributed by atoms with E-state index in [9.17, 15) is 14.7 Å². The summed E-state index contributed by atoms with van der Waals surface area (Å²) < 4.78 is 5.28. The number of nitrogens with one attached hydrogen (secondary N) is 1. The fraction of sp³-hybridized carbons (Fsp3) is 0.579. The van der Waals surface area contributed by atoms with Gasteiger partial charge in [0.15, 0.2) is 0 Å². The summed E-state index contributed by atoms with van der Waals surface area (Å²) >= 11 is 0. The van der Waals surface area contributed by atoms with Crippen LogP contribution >= 0.6 is 0 Å². The van der Waals surface area contributed by atoms with Crippen LogP contribution in [0.4, 0.5) is 5.69 Å². The first kappa shape index (κ1) is 19.4. The zero-order chi connectivity index (χ0) is 18.6. The van der Waals surface area contributed by atoms with E-state index in [0.717, 1.165) is 0 Å². The molecule has 2 amide bonds. The second kappa shape index (κ2) is 7.97. The predicted molar refractivity (Wildman–Crippen MR) is 96.1 cm³/mol. The standard InChI is InChI=1S/C19H28N2O4/c1-5-21-15(11-25-12-17(21)23)18(24)13-6-8-14(9-7-13)20-16(22)10-19(2,3)4/h6-9,15,18,24H,5,10-12H2,1-4H3,(H,20,22)/t15-,18-/m1/s1. The van der Waals surface area contributed by atoms with Crippen LogP contribution in [0.5, 0.6) is 0 Å². The molecule has 0 bridgehead atoms. The van der Waals surface area contributed by atoms with E-state index in [4.69, 9.17) is 4.74 Å². The van der Waals surface area contributed by atoms with Crippen LogP contribution in [0.3, 0.4) is 0 Å². The third kappa shape index (κ3) is 5.28. The second-order valence-electron chi connectivity index (χ2n) is 7.61. The van der Waals surface area contributed by atoms with Crippen molar-refractivity contribution in [3.05, 3.63) is 29.8 Å². The fourth-order valence-electron chi connectivity index (χ4n) is 2.97. The van der Waals surface area contributed by atoms with Gasteiger partial charge >= 0.3 is 0 Å². The number of nitrogens with zero attached hydrogens (tertiary/aromatic N) is 1. The summed E-state index contributed by atoms with van der Waals surface area (Å²) in [4.78, 5) is 25.5. The van der Waals surface area contributed by atoms with Crippen LogP contribution in [0, 0.1) is 5.41 Å². The molecule has 1 saturated heterocycles. The van der Waals surface area contributed by atoms with Crippen LogP contribution in [0.2, 0.25) is 0 Å². The van der Waals surface area contributed by atoms with Gasteiger partial charge in [0.05, 0.1) is 12.6 Å². The lowest BCUT2D eigenvalue weighted by atomic mass is 9.92. The fourth-order valence-corrected chi connectivity index (χ4v) is 2.97. The molecule has 6 heteroatoms. The highest BCUT2D eigenvalue weighted by Crippen LogP contribution is 2.25. The summed E-state index contributed by atoms with van der Waals surface area (Å²) in [6.07, 6.45) is -0.395. The minimum absolute atomic E-state index is 0.0377. The normalized spacial score (nSPS) is 19.6. The molecule has 1 aliphatic rings. The number of aliphatic hydroxyl groups is 1. The number of hydrogen-bond acceptors (Lipinski definition) is 4. The molecular formula is C19H28N2O4. The number of ether oxygens (including phenoxy) is 1. The van der Waals surface area contributed by atoms with E-state index < -0.39 is 12.1 Å². The van der Waals surface area contributed by atoms with Crippen molar-refractivity contribution in [2.45, 2.75) is 46.3 Å². The van der Waals surface area contributed by atoms with Crippen LogP contribution in [-0.4, -0.2) is 47.6 Å². The van der Waals surface area contributed by atoms with Gasteiger partial charge in [-0.15, -0.1) is 0 Å². The van der Waals surface area contributed by atoms with Gasteiger partial charge in [-0.2, -0.15) is 0 Å². The highest BCUT2D eigenvalue weighted by molar-refractivity contribution is 5.91. The molecule has 0 aromatic heterocycles. The number of anilines is 1. The predicted octanol–water partition coefficient (Wildman–Crippen LogP) is 2.34. The Bertz CT molecular complexity index is 607. The number of carbonyl (C=O) groups is 2. The summed E-state index contributed by atoms with van der Waals surface area (Å²) in [5, 5.41) is 13.5. The summed E-state index contributed by atoms with van der Waals surface area (Å²) in [6.45, 7) is 8.83. The largest absolute Gasteiger partial charge is 0.386 e. The number of morpholine rings is 1. The van der Waals surface area contributed by atoms with Crippen molar-refractivity contribution in [3.8, 4) is 0 Å². The van der Waals surface area contributed by atoms with Crippen LogP contribution in [0.1, 0.15) is 45.8 Å². The lowest BCUT2D eigenvalue weighted by molar-refractivity contribution is -0.153. The summed E-state index contributed by atoms with van der Waals surface area (Å²) in [5.41, 5.74) is 1.31. The maximum Gasteiger partial charge on any atom is 0.248 e. The van der Waals surface area contributed by atoms with Gasteiger partial charge in [-0.3, -0.25) is 9.59 Å². The Morgan fingerprint density at radius 2 is 2.00 bits per heavy atom. The van der Waals surface area contributed by atoms with Crippen molar-refractivity contribution >= 4 is 17.5 Å². The maximum atomic E-state index is 12.0.